The predicted molar refractivity (Wildman–Crippen MR) is 160 cm³/mol. The van der Waals surface area contributed by atoms with Gasteiger partial charge in [-0.05, 0) is 54.7 Å². The zero-order valence-corrected chi connectivity index (χ0v) is 24.8. The molecule has 1 saturated heterocycles. The summed E-state index contributed by atoms with van der Waals surface area (Å²) in [6, 6.07) is 15.0. The topological polar surface area (TPSA) is 98.6 Å². The molecule has 0 radical (unpaired) electrons. The lowest BCUT2D eigenvalue weighted by molar-refractivity contribution is -0.166. The molecule has 0 saturated carbocycles. The summed E-state index contributed by atoms with van der Waals surface area (Å²) in [7, 11) is 3.49. The smallest absolute Gasteiger partial charge is 0.412 e. The van der Waals surface area contributed by atoms with Crippen molar-refractivity contribution >= 4 is 35.6 Å². The number of pyridine rings is 1. The monoisotopic (exact) mass is 629 g/mol. The molecule has 2 aliphatic heterocycles. The summed E-state index contributed by atoms with van der Waals surface area (Å²) in [5.74, 6) is -2.89. The highest BCUT2D eigenvalue weighted by Crippen LogP contribution is 2.38. The lowest BCUT2D eigenvalue weighted by atomic mass is 9.89. The van der Waals surface area contributed by atoms with Gasteiger partial charge in [-0.25, -0.2) is 14.8 Å². The third-order valence-electron chi connectivity index (χ3n) is 7.79. The number of hydrogen-bond donors (Lipinski definition) is 1. The Bertz CT molecular complexity index is 1560. The minimum Gasteiger partial charge on any atom is -0.488 e. The van der Waals surface area contributed by atoms with Gasteiger partial charge in [-0.2, -0.15) is 18.3 Å². The molecule has 0 aliphatic carbocycles. The fourth-order valence-electron chi connectivity index (χ4n) is 5.47. The Labute approximate surface area is 257 Å². The van der Waals surface area contributed by atoms with E-state index in [9.17, 15) is 27.9 Å². The Morgan fingerprint density at radius 1 is 1.07 bits per heavy atom. The van der Waals surface area contributed by atoms with E-state index in [0.29, 0.717) is 40.1 Å². The van der Waals surface area contributed by atoms with Gasteiger partial charge in [-0.15, -0.1) is 0 Å². The number of alkyl halides is 3. The van der Waals surface area contributed by atoms with Crippen molar-refractivity contribution in [3.05, 3.63) is 76.8 Å². The second-order valence-electron chi connectivity index (χ2n) is 10.9. The number of halogens is 4. The minimum absolute atomic E-state index is 0.0121. The van der Waals surface area contributed by atoms with Crippen LogP contribution in [-0.2, 0) is 11.4 Å². The van der Waals surface area contributed by atoms with Gasteiger partial charge in [0.25, 0.3) is 0 Å². The Hall–Kier alpha value is -4.32. The van der Waals surface area contributed by atoms with Crippen molar-refractivity contribution in [2.24, 2.45) is 11.0 Å². The van der Waals surface area contributed by atoms with Crippen molar-refractivity contribution in [2.75, 3.05) is 32.2 Å². The molecule has 1 aromatic heterocycles. The van der Waals surface area contributed by atoms with Crippen LogP contribution >= 0.6 is 11.6 Å². The molecule has 1 fully saturated rings. The van der Waals surface area contributed by atoms with Gasteiger partial charge in [0.15, 0.2) is 6.04 Å². The van der Waals surface area contributed by atoms with Gasteiger partial charge in [0.2, 0.25) is 0 Å². The van der Waals surface area contributed by atoms with Crippen molar-refractivity contribution in [1.82, 2.24) is 14.8 Å². The first-order valence-corrected chi connectivity index (χ1v) is 14.4. The van der Waals surface area contributed by atoms with Gasteiger partial charge in [0, 0.05) is 49.5 Å². The van der Waals surface area contributed by atoms with E-state index < -0.39 is 24.1 Å². The summed E-state index contributed by atoms with van der Waals surface area (Å²) in [6.07, 6.45) is -2.39. The highest BCUT2D eigenvalue weighted by molar-refractivity contribution is 6.31. The Kier molecular flexibility index (Phi) is 9.00. The number of carbonyl (C=O) groups is 2. The van der Waals surface area contributed by atoms with Crippen LogP contribution in [0.1, 0.15) is 29.9 Å². The van der Waals surface area contributed by atoms with E-state index in [1.807, 2.05) is 23.1 Å². The Balaban J connectivity index is 1.30. The van der Waals surface area contributed by atoms with E-state index in [1.165, 1.54) is 12.1 Å². The van der Waals surface area contributed by atoms with Crippen LogP contribution in [0.3, 0.4) is 0 Å². The highest BCUT2D eigenvalue weighted by Gasteiger charge is 2.54. The number of carbonyl (C=O) groups excluding carboxylic acids is 1. The number of rotatable bonds is 7. The number of urea groups is 1. The van der Waals surface area contributed by atoms with E-state index in [2.05, 4.69) is 10.1 Å². The molecule has 3 aromatic rings. The van der Waals surface area contributed by atoms with E-state index in [-0.39, 0.29) is 24.4 Å². The number of anilines is 1. The first-order chi connectivity index (χ1) is 20.9. The van der Waals surface area contributed by atoms with Crippen LogP contribution in [0.25, 0.3) is 11.3 Å². The fraction of sp³-hybridized carbons (Fsp3) is 0.355. The largest absolute Gasteiger partial charge is 0.488 e. The number of benzene rings is 2. The van der Waals surface area contributed by atoms with Crippen LogP contribution in [0, 0.1) is 5.92 Å². The van der Waals surface area contributed by atoms with E-state index in [4.69, 9.17) is 16.3 Å². The van der Waals surface area contributed by atoms with Crippen molar-refractivity contribution < 1.29 is 32.6 Å². The van der Waals surface area contributed by atoms with Crippen LogP contribution < -0.4 is 9.75 Å². The van der Waals surface area contributed by atoms with Crippen molar-refractivity contribution in [3.63, 3.8) is 0 Å². The van der Waals surface area contributed by atoms with Gasteiger partial charge in [-0.1, -0.05) is 41.9 Å². The summed E-state index contributed by atoms with van der Waals surface area (Å²) in [5, 5.41) is 14.2. The second-order valence-corrected chi connectivity index (χ2v) is 11.3. The highest BCUT2D eigenvalue weighted by atomic mass is 35.5. The van der Waals surface area contributed by atoms with Gasteiger partial charge >= 0.3 is 18.2 Å². The number of amides is 2. The number of hydrazone groups is 1. The van der Waals surface area contributed by atoms with E-state index in [1.54, 1.807) is 49.3 Å². The summed E-state index contributed by atoms with van der Waals surface area (Å²) in [4.78, 5) is 31.5. The zero-order valence-electron chi connectivity index (χ0n) is 24.0. The Morgan fingerprint density at radius 3 is 2.45 bits per heavy atom. The average molecular weight is 630 g/mol. The molecule has 2 atom stereocenters. The third-order valence-corrected chi connectivity index (χ3v) is 8.14. The number of piperidine rings is 1. The number of carboxylic acids is 1. The zero-order chi connectivity index (χ0) is 31.6. The minimum atomic E-state index is -4.85. The van der Waals surface area contributed by atoms with Gasteiger partial charge in [-0.3, -0.25) is 4.79 Å². The molecule has 9 nitrogen and oxygen atoms in total. The molecule has 232 valence electrons. The summed E-state index contributed by atoms with van der Waals surface area (Å²) < 4.78 is 47.6. The van der Waals surface area contributed by atoms with Crippen LogP contribution in [0.5, 0.6) is 5.75 Å². The third kappa shape index (κ3) is 6.59. The number of nitrogens with zero attached hydrogens (tertiary/aromatic N) is 5. The molecule has 2 amide bonds. The fourth-order valence-corrected chi connectivity index (χ4v) is 5.72. The summed E-state index contributed by atoms with van der Waals surface area (Å²) >= 11 is 6.65. The maximum absolute atomic E-state index is 13.8. The van der Waals surface area contributed by atoms with Crippen LogP contribution in [-0.4, -0.2) is 77.5 Å². The molecule has 2 aromatic carbocycles. The molecule has 1 N–H and O–H groups in total. The van der Waals surface area contributed by atoms with Crippen LogP contribution in [0.15, 0.2) is 65.8 Å². The maximum Gasteiger partial charge on any atom is 0.412 e. The number of aliphatic carboxylic acids is 1. The second kappa shape index (κ2) is 12.7. The normalized spacial score (nSPS) is 18.9. The molecule has 3 heterocycles. The molecule has 5 rings (SSSR count). The first kappa shape index (κ1) is 31.1. The van der Waals surface area contributed by atoms with E-state index >= 15 is 0 Å². The summed E-state index contributed by atoms with van der Waals surface area (Å²) in [5.41, 5.74) is 2.71. The van der Waals surface area contributed by atoms with Gasteiger partial charge in [0.1, 0.15) is 24.1 Å². The van der Waals surface area contributed by atoms with Gasteiger partial charge in [0.05, 0.1) is 5.69 Å². The van der Waals surface area contributed by atoms with Gasteiger partial charge < -0.3 is 19.6 Å². The van der Waals surface area contributed by atoms with Crippen molar-refractivity contribution in [1.29, 1.82) is 0 Å². The molecule has 44 heavy (non-hydrogen) atoms. The lowest BCUT2D eigenvalue weighted by Gasteiger charge is -2.34. The molecular formula is C31H31ClF3N5O4. The van der Waals surface area contributed by atoms with Crippen LogP contribution in [0.4, 0.5) is 23.8 Å². The molecule has 2 aliphatic rings. The molecule has 0 bridgehead atoms. The molecule has 13 heteroatoms. The van der Waals surface area contributed by atoms with Crippen molar-refractivity contribution in [2.45, 2.75) is 37.6 Å². The Morgan fingerprint density at radius 2 is 1.80 bits per heavy atom. The number of likely N-dealkylation sites (tertiary alicyclic amines) is 1. The quantitative estimate of drug-likeness (QED) is 0.330. The molecule has 1 unspecified atom stereocenters. The maximum atomic E-state index is 13.8. The standard InChI is InChI=1S/C31H31ClF3N5O4/c1-38(2)30(43)39-14-12-19(13-15-39)20-10-11-21(24(32)16-20)18-44-26-8-4-3-6-22(26)25-7-5-9-27(37-25)40-28(31(33,34)35)23(17-36-40)29(41)42/h3-11,16-17,19,23,28H,12-15,18H2,1-2H3,(H,41,42)/t23-,28?/m1/s1. The van der Waals surface area contributed by atoms with Crippen LogP contribution in [0.2, 0.25) is 5.02 Å². The lowest BCUT2D eigenvalue weighted by Crippen LogP contribution is -2.47. The number of carboxylic acid groups (broad SMARTS) is 1. The SMILES string of the molecule is CN(C)C(=O)N1CCC(c2ccc(COc3ccccc3-c3cccc(N4N=C[C@@H](C(=O)O)C4C(F)(F)F)n3)c(Cl)c2)CC1. The molecular weight excluding hydrogens is 599 g/mol. The summed E-state index contributed by atoms with van der Waals surface area (Å²) in [6.45, 7) is 1.49. The number of ether oxygens (including phenoxy) is 1. The first-order valence-electron chi connectivity index (χ1n) is 14.0. The van der Waals surface area contributed by atoms with E-state index in [0.717, 1.165) is 30.2 Å². The van der Waals surface area contributed by atoms with Crippen molar-refractivity contribution in [3.8, 4) is 17.0 Å². The average Bonchev–Trinajstić information content (AvgIpc) is 3.47. The predicted octanol–water partition coefficient (Wildman–Crippen LogP) is 6.28. The number of para-hydroxylation sites is 1. The number of aromatic nitrogens is 1. The molecule has 0 spiro atoms. The number of hydrogen-bond acceptors (Lipinski definition) is 6.